The van der Waals surface area contributed by atoms with E-state index in [4.69, 9.17) is 4.52 Å². The highest BCUT2D eigenvalue weighted by Gasteiger charge is 2.30. The molecule has 3 nitrogen and oxygen atoms in total. The van der Waals surface area contributed by atoms with Crippen LogP contribution in [0, 0.1) is 0 Å². The summed E-state index contributed by atoms with van der Waals surface area (Å²) in [6.45, 7) is 1.31. The molecular weight excluding hydrogens is 302 g/mol. The average Bonchev–Trinajstić information content (AvgIpc) is 2.38. The molecule has 0 aliphatic rings. The molecule has 0 aliphatic heterocycles. The van der Waals surface area contributed by atoms with Crippen molar-refractivity contribution in [3.05, 3.63) is 60.2 Å². The van der Waals surface area contributed by atoms with E-state index in [-0.39, 0.29) is 5.69 Å². The van der Waals surface area contributed by atoms with Crippen molar-refractivity contribution < 1.29 is 22.3 Å². The standard InChI is InChI=1S/C14H13F3NO2P/c1-21(19,20-13-8-3-2-4-9-13)18-12-7-5-6-11(10-12)14(15,16)17/h2-10H,1H3,(H,18,19)/t21-/m0/s1. The second-order valence-electron chi connectivity index (χ2n) is 4.44. The summed E-state index contributed by atoms with van der Waals surface area (Å²) < 4.78 is 55.5. The third kappa shape index (κ3) is 4.53. The van der Waals surface area contributed by atoms with E-state index in [1.54, 1.807) is 30.3 Å². The number of rotatable bonds is 4. The van der Waals surface area contributed by atoms with Crippen molar-refractivity contribution in [3.63, 3.8) is 0 Å². The number of halogens is 3. The fourth-order valence-corrected chi connectivity index (χ4v) is 2.88. The van der Waals surface area contributed by atoms with Gasteiger partial charge >= 0.3 is 13.7 Å². The van der Waals surface area contributed by atoms with Crippen LogP contribution in [-0.2, 0) is 10.7 Å². The lowest BCUT2D eigenvalue weighted by molar-refractivity contribution is -0.137. The molecule has 0 spiro atoms. The lowest BCUT2D eigenvalue weighted by Gasteiger charge is -2.18. The van der Waals surface area contributed by atoms with Crippen LogP contribution >= 0.6 is 7.52 Å². The van der Waals surface area contributed by atoms with Crippen LogP contribution in [0.2, 0.25) is 0 Å². The molecule has 0 aliphatic carbocycles. The molecule has 0 fully saturated rings. The zero-order valence-corrected chi connectivity index (χ0v) is 12.0. The third-order valence-corrected chi connectivity index (χ3v) is 3.77. The number of hydrogen-bond acceptors (Lipinski definition) is 2. The van der Waals surface area contributed by atoms with Crippen LogP contribution in [0.25, 0.3) is 0 Å². The Morgan fingerprint density at radius 3 is 2.33 bits per heavy atom. The number of para-hydroxylation sites is 1. The number of hydrogen-bond donors (Lipinski definition) is 1. The summed E-state index contributed by atoms with van der Waals surface area (Å²) in [6, 6.07) is 12.9. The molecular formula is C14H13F3NO2P. The van der Waals surface area contributed by atoms with E-state index in [0.29, 0.717) is 5.75 Å². The Kier molecular flexibility index (Phi) is 4.28. The van der Waals surface area contributed by atoms with E-state index in [0.717, 1.165) is 12.1 Å². The van der Waals surface area contributed by atoms with Crippen LogP contribution in [0.5, 0.6) is 5.75 Å². The van der Waals surface area contributed by atoms with Gasteiger partial charge in [-0.2, -0.15) is 13.2 Å². The number of alkyl halides is 3. The van der Waals surface area contributed by atoms with Crippen molar-refractivity contribution in [2.24, 2.45) is 0 Å². The molecule has 21 heavy (non-hydrogen) atoms. The Hall–Kier alpha value is -1.94. The van der Waals surface area contributed by atoms with Gasteiger partial charge < -0.3 is 9.61 Å². The first-order valence-corrected chi connectivity index (χ1v) is 8.11. The highest BCUT2D eigenvalue weighted by Crippen LogP contribution is 2.43. The van der Waals surface area contributed by atoms with Crippen molar-refractivity contribution in [2.45, 2.75) is 6.18 Å². The molecule has 0 aromatic heterocycles. The normalized spacial score (nSPS) is 14.3. The van der Waals surface area contributed by atoms with Gasteiger partial charge in [0, 0.05) is 12.4 Å². The van der Waals surface area contributed by atoms with E-state index < -0.39 is 19.3 Å². The van der Waals surface area contributed by atoms with Gasteiger partial charge in [0.25, 0.3) is 0 Å². The summed E-state index contributed by atoms with van der Waals surface area (Å²) in [5.41, 5.74) is -0.723. The maximum absolute atomic E-state index is 12.6. The molecule has 2 aromatic rings. The molecule has 2 rings (SSSR count). The van der Waals surface area contributed by atoms with Gasteiger partial charge in [-0.15, -0.1) is 0 Å². The van der Waals surface area contributed by atoms with Crippen molar-refractivity contribution in [3.8, 4) is 5.75 Å². The van der Waals surface area contributed by atoms with Crippen LogP contribution in [-0.4, -0.2) is 6.66 Å². The topological polar surface area (TPSA) is 38.3 Å². The molecule has 0 bridgehead atoms. The maximum atomic E-state index is 12.6. The van der Waals surface area contributed by atoms with Gasteiger partial charge in [0.05, 0.1) is 5.56 Å². The van der Waals surface area contributed by atoms with Gasteiger partial charge in [-0.1, -0.05) is 24.3 Å². The minimum absolute atomic E-state index is 0.0894. The Labute approximate surface area is 120 Å². The van der Waals surface area contributed by atoms with Gasteiger partial charge in [-0.05, 0) is 30.3 Å². The minimum atomic E-state index is -4.45. The fourth-order valence-electron chi connectivity index (χ4n) is 1.70. The van der Waals surface area contributed by atoms with Crippen molar-refractivity contribution in [1.82, 2.24) is 0 Å². The van der Waals surface area contributed by atoms with Crippen molar-refractivity contribution in [1.29, 1.82) is 0 Å². The highest BCUT2D eigenvalue weighted by molar-refractivity contribution is 7.60. The smallest absolute Gasteiger partial charge is 0.416 e. The maximum Gasteiger partial charge on any atom is 0.416 e. The first-order valence-electron chi connectivity index (χ1n) is 6.04. The molecule has 0 unspecified atom stereocenters. The SMILES string of the molecule is C[P@@](=O)(Nc1cccc(C(F)(F)F)c1)Oc1ccccc1. The predicted octanol–water partition coefficient (Wildman–Crippen LogP) is 5.02. The fraction of sp³-hybridized carbons (Fsp3) is 0.143. The first kappa shape index (κ1) is 15.4. The quantitative estimate of drug-likeness (QED) is 0.805. The summed E-state index contributed by atoms with van der Waals surface area (Å²) in [5, 5.41) is 2.51. The lowest BCUT2D eigenvalue weighted by atomic mass is 10.2. The van der Waals surface area contributed by atoms with Gasteiger partial charge in [0.2, 0.25) is 0 Å². The molecule has 0 radical (unpaired) electrons. The van der Waals surface area contributed by atoms with Crippen LogP contribution in [0.4, 0.5) is 18.9 Å². The molecule has 1 atom stereocenters. The van der Waals surface area contributed by atoms with Gasteiger partial charge in [-0.25, -0.2) is 0 Å². The van der Waals surface area contributed by atoms with E-state index in [1.807, 2.05) is 0 Å². The summed E-state index contributed by atoms with van der Waals surface area (Å²) in [5.74, 6) is 0.378. The van der Waals surface area contributed by atoms with Crippen LogP contribution in [0.3, 0.4) is 0 Å². The molecule has 0 amide bonds. The van der Waals surface area contributed by atoms with Gasteiger partial charge in [0.1, 0.15) is 5.75 Å². The molecule has 7 heteroatoms. The summed E-state index contributed by atoms with van der Waals surface area (Å²) >= 11 is 0. The summed E-state index contributed by atoms with van der Waals surface area (Å²) in [4.78, 5) is 0. The zero-order valence-electron chi connectivity index (χ0n) is 11.1. The molecule has 1 N–H and O–H groups in total. The van der Waals surface area contributed by atoms with Gasteiger partial charge in [-0.3, -0.25) is 4.57 Å². The van der Waals surface area contributed by atoms with Crippen molar-refractivity contribution >= 4 is 13.2 Å². The molecule has 0 heterocycles. The number of nitrogens with one attached hydrogen (secondary N) is 1. The van der Waals surface area contributed by atoms with Crippen LogP contribution in [0.1, 0.15) is 5.56 Å². The number of benzene rings is 2. The van der Waals surface area contributed by atoms with E-state index in [1.165, 1.54) is 18.8 Å². The van der Waals surface area contributed by atoms with Crippen LogP contribution in [0.15, 0.2) is 54.6 Å². The monoisotopic (exact) mass is 315 g/mol. The van der Waals surface area contributed by atoms with E-state index >= 15 is 0 Å². The minimum Gasteiger partial charge on any atom is -0.429 e. The van der Waals surface area contributed by atoms with Gasteiger partial charge in [0.15, 0.2) is 0 Å². The summed E-state index contributed by atoms with van der Waals surface area (Å²) in [6.07, 6.45) is -4.45. The van der Waals surface area contributed by atoms with E-state index in [9.17, 15) is 17.7 Å². The Balaban J connectivity index is 2.15. The third-order valence-electron chi connectivity index (χ3n) is 2.54. The largest absolute Gasteiger partial charge is 0.429 e. The molecule has 0 saturated carbocycles. The second-order valence-corrected chi connectivity index (χ2v) is 6.54. The second kappa shape index (κ2) is 5.82. The molecule has 112 valence electrons. The molecule has 0 saturated heterocycles. The highest BCUT2D eigenvalue weighted by atomic mass is 31.2. The Bertz CT molecular complexity index is 659. The number of anilines is 1. The summed E-state index contributed by atoms with van der Waals surface area (Å²) in [7, 11) is -3.33. The molecule has 2 aromatic carbocycles. The predicted molar refractivity (Wildman–Crippen MR) is 75.7 cm³/mol. The van der Waals surface area contributed by atoms with E-state index in [2.05, 4.69) is 5.09 Å². The first-order chi connectivity index (χ1) is 9.76. The Morgan fingerprint density at radius 1 is 1.05 bits per heavy atom. The average molecular weight is 315 g/mol. The zero-order chi connectivity index (χ0) is 15.5. The Morgan fingerprint density at radius 2 is 1.71 bits per heavy atom. The lowest BCUT2D eigenvalue weighted by Crippen LogP contribution is -2.07. The van der Waals surface area contributed by atoms with Crippen LogP contribution < -0.4 is 9.61 Å². The van der Waals surface area contributed by atoms with Crippen molar-refractivity contribution in [2.75, 3.05) is 11.8 Å².